The molecule has 18 heavy (non-hydrogen) atoms. The van der Waals surface area contributed by atoms with Crippen LogP contribution in [0.5, 0.6) is 0 Å². The summed E-state index contributed by atoms with van der Waals surface area (Å²) >= 11 is 3.38. The lowest BCUT2D eigenvalue weighted by Crippen LogP contribution is -2.22. The number of hydrogen-bond acceptors (Lipinski definition) is 2. The van der Waals surface area contributed by atoms with Crippen LogP contribution in [0.25, 0.3) is 0 Å². The van der Waals surface area contributed by atoms with Crippen molar-refractivity contribution >= 4 is 15.9 Å². The molecule has 0 spiro atoms. The van der Waals surface area contributed by atoms with Crippen molar-refractivity contribution in [2.45, 2.75) is 77.6 Å². The van der Waals surface area contributed by atoms with Crippen LogP contribution in [-0.4, -0.2) is 4.98 Å². The monoisotopic (exact) mass is 315 g/mol. The summed E-state index contributed by atoms with van der Waals surface area (Å²) < 4.78 is 6.44. The second kappa shape index (κ2) is 7.98. The zero-order valence-electron chi connectivity index (χ0n) is 12.0. The van der Waals surface area contributed by atoms with Crippen LogP contribution in [0.1, 0.15) is 78.0 Å². The van der Waals surface area contributed by atoms with Gasteiger partial charge in [-0.2, -0.15) is 0 Å². The quantitative estimate of drug-likeness (QED) is 0.534. The first kappa shape index (κ1) is 15.7. The summed E-state index contributed by atoms with van der Waals surface area (Å²) in [5.74, 6) is 0.902. The molecule has 104 valence electrons. The average Bonchev–Trinajstić information content (AvgIpc) is 2.80. The number of halogens is 1. The molecule has 0 amide bonds. The van der Waals surface area contributed by atoms with Crippen molar-refractivity contribution in [2.24, 2.45) is 0 Å². The highest BCUT2D eigenvalue weighted by Gasteiger charge is 2.30. The summed E-state index contributed by atoms with van der Waals surface area (Å²) in [6.07, 6.45) is 11.7. The minimum atomic E-state index is 0.107. The Kier molecular flexibility index (Phi) is 6.98. The van der Waals surface area contributed by atoms with Gasteiger partial charge in [0.15, 0.2) is 0 Å². The normalized spacial score (nSPS) is 14.7. The molecule has 0 aliphatic heterocycles. The second-order valence-corrected chi connectivity index (χ2v) is 6.26. The van der Waals surface area contributed by atoms with E-state index in [9.17, 15) is 0 Å². The fourth-order valence-corrected chi connectivity index (χ4v) is 2.63. The molecule has 0 N–H and O–H groups in total. The van der Waals surface area contributed by atoms with E-state index in [4.69, 9.17) is 4.42 Å². The molecule has 1 rings (SSSR count). The molecule has 1 aromatic rings. The van der Waals surface area contributed by atoms with E-state index >= 15 is 0 Å². The van der Waals surface area contributed by atoms with E-state index in [0.717, 1.165) is 10.5 Å². The van der Waals surface area contributed by atoms with Gasteiger partial charge in [0.1, 0.15) is 10.9 Å². The van der Waals surface area contributed by atoms with Gasteiger partial charge in [0, 0.05) is 5.41 Å². The average molecular weight is 316 g/mol. The third-order valence-corrected chi connectivity index (χ3v) is 4.02. The Morgan fingerprint density at radius 2 is 1.78 bits per heavy atom. The van der Waals surface area contributed by atoms with E-state index in [-0.39, 0.29) is 5.41 Å². The largest absolute Gasteiger partial charge is 0.447 e. The number of aromatic nitrogens is 1. The van der Waals surface area contributed by atoms with Gasteiger partial charge in [0.05, 0.1) is 0 Å². The lowest BCUT2D eigenvalue weighted by molar-refractivity contribution is 0.289. The number of oxazole rings is 1. The van der Waals surface area contributed by atoms with Gasteiger partial charge in [0.25, 0.3) is 0 Å². The molecule has 1 atom stereocenters. The number of rotatable bonds is 9. The molecule has 1 unspecified atom stereocenters. The Bertz CT molecular complexity index is 337. The minimum absolute atomic E-state index is 0.107. The molecule has 1 heterocycles. The first-order valence-corrected chi connectivity index (χ1v) is 8.03. The van der Waals surface area contributed by atoms with Gasteiger partial charge in [-0.15, -0.1) is 0 Å². The van der Waals surface area contributed by atoms with E-state index < -0.39 is 0 Å². The highest BCUT2D eigenvalue weighted by molar-refractivity contribution is 9.10. The predicted octanol–water partition coefficient (Wildman–Crippen LogP) is 5.86. The van der Waals surface area contributed by atoms with Crippen LogP contribution in [0.15, 0.2) is 15.3 Å². The zero-order valence-corrected chi connectivity index (χ0v) is 13.6. The van der Waals surface area contributed by atoms with Gasteiger partial charge in [-0.25, -0.2) is 4.98 Å². The third-order valence-electron chi connectivity index (χ3n) is 3.66. The molecule has 2 nitrogen and oxygen atoms in total. The zero-order chi connectivity index (χ0) is 13.4. The predicted molar refractivity (Wildman–Crippen MR) is 79.8 cm³/mol. The molecule has 0 aliphatic rings. The van der Waals surface area contributed by atoms with Crippen molar-refractivity contribution in [1.82, 2.24) is 4.98 Å². The molecule has 0 fully saturated rings. The van der Waals surface area contributed by atoms with Crippen molar-refractivity contribution in [3.8, 4) is 0 Å². The van der Waals surface area contributed by atoms with Gasteiger partial charge < -0.3 is 4.42 Å². The first-order valence-electron chi connectivity index (χ1n) is 7.24. The van der Waals surface area contributed by atoms with Crippen LogP contribution in [0.4, 0.5) is 0 Å². The van der Waals surface area contributed by atoms with Crippen molar-refractivity contribution in [1.29, 1.82) is 0 Å². The fourth-order valence-electron chi connectivity index (χ4n) is 2.38. The van der Waals surface area contributed by atoms with E-state index in [1.807, 2.05) is 0 Å². The number of hydrogen-bond donors (Lipinski definition) is 0. The van der Waals surface area contributed by atoms with E-state index in [1.165, 1.54) is 51.4 Å². The first-order chi connectivity index (χ1) is 8.62. The number of unbranched alkanes of at least 4 members (excludes halogenated alkanes) is 4. The maximum atomic E-state index is 5.63. The summed E-state index contributed by atoms with van der Waals surface area (Å²) in [5.41, 5.74) is 0.107. The maximum absolute atomic E-state index is 5.63. The Hall–Kier alpha value is -0.310. The van der Waals surface area contributed by atoms with Crippen molar-refractivity contribution in [3.63, 3.8) is 0 Å². The highest BCUT2D eigenvalue weighted by atomic mass is 79.9. The highest BCUT2D eigenvalue weighted by Crippen LogP contribution is 2.35. The van der Waals surface area contributed by atoms with Crippen LogP contribution >= 0.6 is 15.9 Å². The summed E-state index contributed by atoms with van der Waals surface area (Å²) in [5, 5.41) is 0. The molecule has 0 aromatic carbocycles. The standard InChI is InChI=1S/C15H26BrNO/c1-4-6-8-9-11-15(3,10-7-5-2)14-17-13(16)12-18-14/h12H,4-11H2,1-3H3. The van der Waals surface area contributed by atoms with Crippen LogP contribution in [-0.2, 0) is 5.41 Å². The fraction of sp³-hybridized carbons (Fsp3) is 0.800. The summed E-state index contributed by atoms with van der Waals surface area (Å²) in [6.45, 7) is 6.79. The Balaban J connectivity index is 2.62. The van der Waals surface area contributed by atoms with E-state index in [0.29, 0.717) is 0 Å². The molecule has 0 saturated heterocycles. The SMILES string of the molecule is CCCCCCC(C)(CCCC)c1nc(Br)co1. The molecule has 0 saturated carbocycles. The lowest BCUT2D eigenvalue weighted by atomic mass is 9.80. The van der Waals surface area contributed by atoms with Crippen LogP contribution < -0.4 is 0 Å². The minimum Gasteiger partial charge on any atom is -0.447 e. The Morgan fingerprint density at radius 3 is 2.33 bits per heavy atom. The number of nitrogens with zero attached hydrogens (tertiary/aromatic N) is 1. The third kappa shape index (κ3) is 4.75. The van der Waals surface area contributed by atoms with Gasteiger partial charge in [-0.05, 0) is 28.8 Å². The van der Waals surface area contributed by atoms with E-state index in [1.54, 1.807) is 6.26 Å². The van der Waals surface area contributed by atoms with Gasteiger partial charge >= 0.3 is 0 Å². The molecule has 1 aromatic heterocycles. The summed E-state index contributed by atoms with van der Waals surface area (Å²) in [6, 6.07) is 0. The molecule has 0 radical (unpaired) electrons. The summed E-state index contributed by atoms with van der Waals surface area (Å²) in [7, 11) is 0. The van der Waals surface area contributed by atoms with E-state index in [2.05, 4.69) is 41.7 Å². The topological polar surface area (TPSA) is 26.0 Å². The van der Waals surface area contributed by atoms with Crippen molar-refractivity contribution in [3.05, 3.63) is 16.8 Å². The van der Waals surface area contributed by atoms with Gasteiger partial charge in [-0.3, -0.25) is 0 Å². The van der Waals surface area contributed by atoms with Crippen molar-refractivity contribution in [2.75, 3.05) is 0 Å². The maximum Gasteiger partial charge on any atom is 0.201 e. The van der Waals surface area contributed by atoms with Crippen molar-refractivity contribution < 1.29 is 4.42 Å². The van der Waals surface area contributed by atoms with Gasteiger partial charge in [0.2, 0.25) is 5.89 Å². The lowest BCUT2D eigenvalue weighted by Gasteiger charge is -2.26. The Labute approximate surface area is 120 Å². The van der Waals surface area contributed by atoms with Crippen LogP contribution in [0, 0.1) is 0 Å². The summed E-state index contributed by atoms with van der Waals surface area (Å²) in [4.78, 5) is 4.48. The molecular formula is C15H26BrNO. The molecule has 0 bridgehead atoms. The van der Waals surface area contributed by atoms with Crippen LogP contribution in [0.3, 0.4) is 0 Å². The Morgan fingerprint density at radius 1 is 1.11 bits per heavy atom. The second-order valence-electron chi connectivity index (χ2n) is 5.45. The molecule has 3 heteroatoms. The molecular weight excluding hydrogens is 290 g/mol. The van der Waals surface area contributed by atoms with Crippen LogP contribution in [0.2, 0.25) is 0 Å². The van der Waals surface area contributed by atoms with Gasteiger partial charge in [-0.1, -0.05) is 59.3 Å². The molecule has 0 aliphatic carbocycles. The smallest absolute Gasteiger partial charge is 0.201 e.